The van der Waals surface area contributed by atoms with Gasteiger partial charge in [0.2, 0.25) is 5.91 Å². The summed E-state index contributed by atoms with van der Waals surface area (Å²) in [5.74, 6) is 0.863. The predicted octanol–water partition coefficient (Wildman–Crippen LogP) is 1.72. The van der Waals surface area contributed by atoms with Crippen LogP contribution in [-0.4, -0.2) is 48.5 Å². The molecule has 1 aliphatic heterocycles. The number of rotatable bonds is 6. The van der Waals surface area contributed by atoms with E-state index >= 15 is 0 Å². The fourth-order valence-electron chi connectivity index (χ4n) is 3.63. The molecule has 23 heavy (non-hydrogen) atoms. The average Bonchev–Trinajstić information content (AvgIpc) is 2.55. The standard InChI is InChI=1S/C18H28N4O/c1-19-17(23)13-22-10-7-16(8-11-22)21-18(14-4-2-5-14)15-6-3-9-20-12-15/h3,6,9,12,14,16,18,21H,2,4-5,7-8,10-11,13H2,1H3,(H,19,23). The maximum atomic E-state index is 11.5. The van der Waals surface area contributed by atoms with E-state index in [1.54, 1.807) is 7.05 Å². The van der Waals surface area contributed by atoms with Gasteiger partial charge in [-0.25, -0.2) is 0 Å². The Labute approximate surface area is 138 Å². The van der Waals surface area contributed by atoms with Crippen LogP contribution in [0.3, 0.4) is 0 Å². The van der Waals surface area contributed by atoms with Crippen LogP contribution in [-0.2, 0) is 4.79 Å². The van der Waals surface area contributed by atoms with E-state index in [1.165, 1.54) is 24.8 Å². The van der Waals surface area contributed by atoms with Crippen LogP contribution in [0, 0.1) is 5.92 Å². The molecule has 1 aromatic heterocycles. The van der Waals surface area contributed by atoms with Crippen molar-refractivity contribution in [3.05, 3.63) is 30.1 Å². The van der Waals surface area contributed by atoms with Crippen LogP contribution in [0.2, 0.25) is 0 Å². The zero-order valence-corrected chi connectivity index (χ0v) is 14.0. The Kier molecular flexibility index (Phi) is 5.62. The van der Waals surface area contributed by atoms with Crippen molar-refractivity contribution in [3.8, 4) is 0 Å². The van der Waals surface area contributed by atoms with Gasteiger partial charge >= 0.3 is 0 Å². The highest BCUT2D eigenvalue weighted by Gasteiger charge is 2.31. The lowest BCUT2D eigenvalue weighted by molar-refractivity contribution is -0.122. The van der Waals surface area contributed by atoms with Gasteiger partial charge in [-0.15, -0.1) is 0 Å². The topological polar surface area (TPSA) is 57.3 Å². The van der Waals surface area contributed by atoms with Crippen LogP contribution >= 0.6 is 0 Å². The molecule has 1 aliphatic carbocycles. The molecule has 1 aromatic rings. The minimum atomic E-state index is 0.110. The molecule has 0 bridgehead atoms. The van der Waals surface area contributed by atoms with Crippen LogP contribution in [0.4, 0.5) is 0 Å². The summed E-state index contributed by atoms with van der Waals surface area (Å²) >= 11 is 0. The molecule has 1 saturated carbocycles. The van der Waals surface area contributed by atoms with Crippen molar-refractivity contribution in [2.45, 2.75) is 44.2 Å². The van der Waals surface area contributed by atoms with Gasteiger partial charge in [0.05, 0.1) is 6.54 Å². The zero-order valence-electron chi connectivity index (χ0n) is 14.0. The number of likely N-dealkylation sites (N-methyl/N-ethyl adjacent to an activating group) is 1. The Bertz CT molecular complexity index is 495. The quantitative estimate of drug-likeness (QED) is 0.839. The summed E-state index contributed by atoms with van der Waals surface area (Å²) in [6, 6.07) is 5.22. The molecule has 2 fully saturated rings. The van der Waals surface area contributed by atoms with E-state index in [9.17, 15) is 4.79 Å². The fraction of sp³-hybridized carbons (Fsp3) is 0.667. The van der Waals surface area contributed by atoms with Crippen LogP contribution < -0.4 is 10.6 Å². The lowest BCUT2D eigenvalue weighted by Crippen LogP contribution is -2.47. The first-order valence-electron chi connectivity index (χ1n) is 8.85. The molecule has 1 saturated heterocycles. The van der Waals surface area contributed by atoms with Crippen molar-refractivity contribution in [3.63, 3.8) is 0 Å². The second-order valence-electron chi connectivity index (χ2n) is 6.85. The van der Waals surface area contributed by atoms with Crippen LogP contribution in [0.25, 0.3) is 0 Å². The third kappa shape index (κ3) is 4.30. The van der Waals surface area contributed by atoms with Crippen molar-refractivity contribution in [2.24, 2.45) is 5.92 Å². The van der Waals surface area contributed by atoms with Crippen molar-refractivity contribution in [2.75, 3.05) is 26.7 Å². The van der Waals surface area contributed by atoms with Gasteiger partial charge in [-0.1, -0.05) is 12.5 Å². The van der Waals surface area contributed by atoms with Gasteiger partial charge in [-0.2, -0.15) is 0 Å². The van der Waals surface area contributed by atoms with Gasteiger partial charge in [0.15, 0.2) is 0 Å². The molecular weight excluding hydrogens is 288 g/mol. The predicted molar refractivity (Wildman–Crippen MR) is 91.0 cm³/mol. The van der Waals surface area contributed by atoms with Gasteiger partial charge in [-0.05, 0) is 43.2 Å². The molecule has 5 heteroatoms. The summed E-state index contributed by atoms with van der Waals surface area (Å²) in [4.78, 5) is 18.0. The average molecular weight is 316 g/mol. The number of carbonyl (C=O) groups excluding carboxylic acids is 1. The van der Waals surface area contributed by atoms with Crippen LogP contribution in [0.1, 0.15) is 43.7 Å². The second-order valence-corrected chi connectivity index (χ2v) is 6.85. The van der Waals surface area contributed by atoms with E-state index in [2.05, 4.69) is 26.6 Å². The highest BCUT2D eigenvalue weighted by molar-refractivity contribution is 5.77. The summed E-state index contributed by atoms with van der Waals surface area (Å²) in [6.45, 7) is 2.52. The summed E-state index contributed by atoms with van der Waals surface area (Å²) < 4.78 is 0. The molecule has 3 rings (SSSR count). The molecule has 0 spiro atoms. The van der Waals surface area contributed by atoms with Gasteiger partial charge in [0.25, 0.3) is 0 Å². The van der Waals surface area contributed by atoms with Gasteiger partial charge in [-0.3, -0.25) is 14.7 Å². The maximum Gasteiger partial charge on any atom is 0.233 e. The monoisotopic (exact) mass is 316 g/mol. The van der Waals surface area contributed by atoms with Crippen molar-refractivity contribution >= 4 is 5.91 Å². The molecule has 2 N–H and O–H groups in total. The van der Waals surface area contributed by atoms with Crippen molar-refractivity contribution in [1.82, 2.24) is 20.5 Å². The van der Waals surface area contributed by atoms with E-state index < -0.39 is 0 Å². The number of aromatic nitrogens is 1. The lowest BCUT2D eigenvalue weighted by Gasteiger charge is -2.39. The van der Waals surface area contributed by atoms with Gasteiger partial charge in [0.1, 0.15) is 0 Å². The third-order valence-corrected chi connectivity index (χ3v) is 5.31. The summed E-state index contributed by atoms with van der Waals surface area (Å²) in [5.41, 5.74) is 1.32. The molecular formula is C18H28N4O. The highest BCUT2D eigenvalue weighted by atomic mass is 16.1. The van der Waals surface area contributed by atoms with Crippen molar-refractivity contribution in [1.29, 1.82) is 0 Å². The number of pyridine rings is 1. The minimum Gasteiger partial charge on any atom is -0.358 e. The Morgan fingerprint density at radius 2 is 2.13 bits per heavy atom. The number of hydrogen-bond acceptors (Lipinski definition) is 4. The maximum absolute atomic E-state index is 11.5. The largest absolute Gasteiger partial charge is 0.358 e. The third-order valence-electron chi connectivity index (χ3n) is 5.31. The van der Waals surface area contributed by atoms with E-state index in [0.717, 1.165) is 31.8 Å². The normalized spacial score (nSPS) is 21.6. The molecule has 1 amide bonds. The van der Waals surface area contributed by atoms with Gasteiger partial charge in [0, 0.05) is 44.6 Å². The molecule has 1 atom stereocenters. The molecule has 0 radical (unpaired) electrons. The van der Waals surface area contributed by atoms with E-state index in [-0.39, 0.29) is 5.91 Å². The Balaban J connectivity index is 1.54. The zero-order chi connectivity index (χ0) is 16.1. The van der Waals surface area contributed by atoms with E-state index in [1.807, 2.05) is 18.5 Å². The highest BCUT2D eigenvalue weighted by Crippen LogP contribution is 2.38. The first-order chi connectivity index (χ1) is 11.3. The SMILES string of the molecule is CNC(=O)CN1CCC(NC(c2cccnc2)C2CCC2)CC1. The number of carbonyl (C=O) groups is 1. The van der Waals surface area contributed by atoms with Crippen LogP contribution in [0.5, 0.6) is 0 Å². The Morgan fingerprint density at radius 1 is 1.35 bits per heavy atom. The fourth-order valence-corrected chi connectivity index (χ4v) is 3.63. The summed E-state index contributed by atoms with van der Waals surface area (Å²) in [6.07, 6.45) is 10.1. The number of amides is 1. The molecule has 2 heterocycles. The molecule has 126 valence electrons. The molecule has 2 aliphatic rings. The molecule has 1 unspecified atom stereocenters. The summed E-state index contributed by atoms with van der Waals surface area (Å²) in [7, 11) is 1.70. The number of hydrogen-bond donors (Lipinski definition) is 2. The first kappa shape index (κ1) is 16.4. The molecule has 5 nitrogen and oxygen atoms in total. The van der Waals surface area contributed by atoms with Gasteiger partial charge < -0.3 is 10.6 Å². The minimum absolute atomic E-state index is 0.110. The second kappa shape index (κ2) is 7.88. The first-order valence-corrected chi connectivity index (χ1v) is 8.85. The smallest absolute Gasteiger partial charge is 0.233 e. The van der Waals surface area contributed by atoms with Crippen molar-refractivity contribution < 1.29 is 4.79 Å². The van der Waals surface area contributed by atoms with E-state index in [0.29, 0.717) is 18.6 Å². The number of piperidine rings is 1. The number of nitrogens with one attached hydrogen (secondary N) is 2. The van der Waals surface area contributed by atoms with Crippen LogP contribution in [0.15, 0.2) is 24.5 Å². The Hall–Kier alpha value is -1.46. The number of nitrogens with zero attached hydrogens (tertiary/aromatic N) is 2. The molecule has 0 aromatic carbocycles. The number of likely N-dealkylation sites (tertiary alicyclic amines) is 1. The summed E-state index contributed by atoms with van der Waals surface area (Å²) in [5, 5.41) is 6.60. The lowest BCUT2D eigenvalue weighted by atomic mass is 9.77. The van der Waals surface area contributed by atoms with E-state index in [4.69, 9.17) is 0 Å². The Morgan fingerprint density at radius 3 is 2.70 bits per heavy atom.